The zero-order valence-electron chi connectivity index (χ0n) is 15.5. The molecule has 0 fully saturated rings. The monoisotopic (exact) mass is 401 g/mol. The van der Waals surface area contributed by atoms with Crippen LogP contribution in [0.3, 0.4) is 0 Å². The van der Waals surface area contributed by atoms with E-state index in [0.717, 1.165) is 5.56 Å². The van der Waals surface area contributed by atoms with Crippen molar-refractivity contribution in [2.24, 2.45) is 0 Å². The number of ether oxygens (including phenoxy) is 1. The quantitative estimate of drug-likeness (QED) is 0.389. The summed E-state index contributed by atoms with van der Waals surface area (Å²) in [6.07, 6.45) is 4.65. The smallest absolute Gasteiger partial charge is 0.312 e. The van der Waals surface area contributed by atoms with Gasteiger partial charge >= 0.3 is 5.97 Å². The number of nitrogens with zero attached hydrogens (tertiary/aromatic N) is 1. The Morgan fingerprint density at radius 2 is 1.87 bits per heavy atom. The number of carbonyl (C=O) groups is 1. The number of carbonyl (C=O) groups excluding carboxylic acids is 1. The summed E-state index contributed by atoms with van der Waals surface area (Å²) in [5.74, 6) is -0.982. The fraction of sp³-hybridized carbons (Fsp3) is 0.0870. The first kappa shape index (κ1) is 17.9. The number of hydrogen-bond acceptors (Lipinski definition) is 7. The van der Waals surface area contributed by atoms with Crippen LogP contribution < -0.4 is 10.2 Å². The molecule has 148 valence electrons. The molecule has 1 atom stereocenters. The largest absolute Gasteiger partial charge is 0.508 e. The molecule has 2 aromatic carbocycles. The molecule has 2 aromatic heterocycles. The molecule has 7 nitrogen and oxygen atoms in total. The summed E-state index contributed by atoms with van der Waals surface area (Å²) in [6, 6.07) is 11.0. The Labute approximate surface area is 169 Å². The summed E-state index contributed by atoms with van der Waals surface area (Å²) in [5.41, 5.74) is 1.81. The van der Waals surface area contributed by atoms with Crippen molar-refractivity contribution in [3.63, 3.8) is 0 Å². The Hall–Kier alpha value is -4.13. The average Bonchev–Trinajstić information content (AvgIpc) is 2.74. The predicted octanol–water partition coefficient (Wildman–Crippen LogP) is 3.71. The van der Waals surface area contributed by atoms with E-state index in [-0.39, 0.29) is 40.2 Å². The Balaban J connectivity index is 1.79. The number of pyridine rings is 1. The van der Waals surface area contributed by atoms with Crippen LogP contribution in [0.15, 0.2) is 70.3 Å². The van der Waals surface area contributed by atoms with Gasteiger partial charge in [0.25, 0.3) is 0 Å². The van der Waals surface area contributed by atoms with Crippen LogP contribution in [0.1, 0.15) is 23.5 Å². The van der Waals surface area contributed by atoms with Crippen LogP contribution in [0.5, 0.6) is 17.2 Å². The highest BCUT2D eigenvalue weighted by Crippen LogP contribution is 2.45. The lowest BCUT2D eigenvalue weighted by molar-refractivity contribution is -0.135. The van der Waals surface area contributed by atoms with Gasteiger partial charge in [0.05, 0.1) is 12.0 Å². The standard InChI is InChI=1S/C23H15NO6/c25-14-5-3-12(4-6-14)16-11-29-23-20-15(13-2-1-7-24-10-13)8-19(27)30-18(20)9-17(26)21(23)22(16)28/h1-7,9-11,15,25-26H,8H2. The Morgan fingerprint density at radius 1 is 1.07 bits per heavy atom. The molecule has 1 aliphatic heterocycles. The van der Waals surface area contributed by atoms with Gasteiger partial charge in [0, 0.05) is 29.9 Å². The molecule has 1 unspecified atom stereocenters. The van der Waals surface area contributed by atoms with E-state index in [4.69, 9.17) is 9.15 Å². The third-order valence-corrected chi connectivity index (χ3v) is 5.24. The van der Waals surface area contributed by atoms with Gasteiger partial charge in [-0.15, -0.1) is 0 Å². The SMILES string of the molecule is O=C1CC(c2cccnc2)c2c(cc(O)c3c(=O)c(-c4ccc(O)cc4)coc23)O1. The van der Waals surface area contributed by atoms with E-state index >= 15 is 0 Å². The molecule has 1 aliphatic rings. The van der Waals surface area contributed by atoms with Gasteiger partial charge in [-0.3, -0.25) is 14.6 Å². The van der Waals surface area contributed by atoms with Gasteiger partial charge in [0.15, 0.2) is 0 Å². The minimum atomic E-state index is -0.446. The second-order valence-electron chi connectivity index (χ2n) is 7.05. The Bertz CT molecular complexity index is 1340. The number of phenolic OH excluding ortho intramolecular Hbond substituents is 2. The zero-order valence-corrected chi connectivity index (χ0v) is 15.5. The molecule has 3 heterocycles. The lowest BCUT2D eigenvalue weighted by atomic mass is 9.85. The number of fused-ring (bicyclic) bond motifs is 3. The molecule has 0 radical (unpaired) electrons. The number of phenols is 2. The number of esters is 1. The van der Waals surface area contributed by atoms with Crippen LogP contribution in [0, 0.1) is 0 Å². The number of hydrogen-bond donors (Lipinski definition) is 2. The average molecular weight is 401 g/mol. The summed E-state index contributed by atoms with van der Waals surface area (Å²) in [5, 5.41) is 20.1. The van der Waals surface area contributed by atoms with Crippen LogP contribution in [0.25, 0.3) is 22.1 Å². The highest BCUT2D eigenvalue weighted by molar-refractivity contribution is 5.94. The molecule has 4 aromatic rings. The maximum absolute atomic E-state index is 13.2. The summed E-state index contributed by atoms with van der Waals surface area (Å²) in [4.78, 5) is 29.5. The van der Waals surface area contributed by atoms with E-state index in [0.29, 0.717) is 11.1 Å². The van der Waals surface area contributed by atoms with Crippen LogP contribution in [0.4, 0.5) is 0 Å². The number of aromatic nitrogens is 1. The van der Waals surface area contributed by atoms with Crippen molar-refractivity contribution in [3.8, 4) is 28.4 Å². The second-order valence-corrected chi connectivity index (χ2v) is 7.05. The van der Waals surface area contributed by atoms with E-state index in [2.05, 4.69) is 4.98 Å². The number of rotatable bonds is 2. The van der Waals surface area contributed by atoms with Gasteiger partial charge in [-0.05, 0) is 29.3 Å². The first-order valence-electron chi connectivity index (χ1n) is 9.24. The second kappa shape index (κ2) is 6.73. The molecule has 0 aliphatic carbocycles. The molecule has 2 N–H and O–H groups in total. The molecular formula is C23H15NO6. The molecule has 30 heavy (non-hydrogen) atoms. The Morgan fingerprint density at radius 3 is 2.60 bits per heavy atom. The predicted molar refractivity (Wildman–Crippen MR) is 108 cm³/mol. The summed E-state index contributed by atoms with van der Waals surface area (Å²) < 4.78 is 11.2. The fourth-order valence-corrected chi connectivity index (χ4v) is 3.84. The van der Waals surface area contributed by atoms with Crippen LogP contribution >= 0.6 is 0 Å². The summed E-state index contributed by atoms with van der Waals surface area (Å²) in [7, 11) is 0. The maximum Gasteiger partial charge on any atom is 0.312 e. The minimum absolute atomic E-state index is 0.00571. The maximum atomic E-state index is 13.2. The van der Waals surface area contributed by atoms with Crippen molar-refractivity contribution in [1.29, 1.82) is 0 Å². The van der Waals surface area contributed by atoms with E-state index < -0.39 is 17.3 Å². The van der Waals surface area contributed by atoms with Crippen molar-refractivity contribution >= 4 is 16.9 Å². The molecule has 0 saturated carbocycles. The molecule has 5 rings (SSSR count). The van der Waals surface area contributed by atoms with Crippen molar-refractivity contribution in [2.75, 3.05) is 0 Å². The van der Waals surface area contributed by atoms with Gasteiger partial charge in [-0.25, -0.2) is 0 Å². The van der Waals surface area contributed by atoms with Crippen molar-refractivity contribution < 1.29 is 24.2 Å². The minimum Gasteiger partial charge on any atom is -0.508 e. The third kappa shape index (κ3) is 2.79. The van der Waals surface area contributed by atoms with Gasteiger partial charge < -0.3 is 19.4 Å². The first-order chi connectivity index (χ1) is 14.5. The highest BCUT2D eigenvalue weighted by atomic mass is 16.5. The van der Waals surface area contributed by atoms with Crippen molar-refractivity contribution in [1.82, 2.24) is 4.98 Å². The van der Waals surface area contributed by atoms with Gasteiger partial charge in [0.2, 0.25) is 5.43 Å². The topological polar surface area (TPSA) is 110 Å². The van der Waals surface area contributed by atoms with Crippen molar-refractivity contribution in [2.45, 2.75) is 12.3 Å². The van der Waals surface area contributed by atoms with E-state index in [1.807, 2.05) is 6.07 Å². The molecule has 0 bridgehead atoms. The van der Waals surface area contributed by atoms with E-state index in [9.17, 15) is 19.8 Å². The van der Waals surface area contributed by atoms with Crippen LogP contribution in [-0.4, -0.2) is 21.2 Å². The fourth-order valence-electron chi connectivity index (χ4n) is 3.84. The van der Waals surface area contributed by atoms with Crippen molar-refractivity contribution in [3.05, 3.63) is 82.5 Å². The van der Waals surface area contributed by atoms with E-state index in [1.54, 1.807) is 30.6 Å². The van der Waals surface area contributed by atoms with Gasteiger partial charge in [0.1, 0.15) is 34.5 Å². The first-order valence-corrected chi connectivity index (χ1v) is 9.24. The van der Waals surface area contributed by atoms with Crippen LogP contribution in [-0.2, 0) is 4.79 Å². The lowest BCUT2D eigenvalue weighted by Gasteiger charge is -2.25. The molecule has 0 spiro atoms. The zero-order chi connectivity index (χ0) is 20.8. The molecule has 0 saturated heterocycles. The Kier molecular flexibility index (Phi) is 4.03. The summed E-state index contributed by atoms with van der Waals surface area (Å²) >= 11 is 0. The van der Waals surface area contributed by atoms with Crippen LogP contribution in [0.2, 0.25) is 0 Å². The van der Waals surface area contributed by atoms with Gasteiger partial charge in [-0.2, -0.15) is 0 Å². The molecule has 0 amide bonds. The van der Waals surface area contributed by atoms with Gasteiger partial charge in [-0.1, -0.05) is 18.2 Å². The van der Waals surface area contributed by atoms with E-state index in [1.165, 1.54) is 24.5 Å². The number of aromatic hydroxyl groups is 2. The summed E-state index contributed by atoms with van der Waals surface area (Å²) in [6.45, 7) is 0. The highest BCUT2D eigenvalue weighted by Gasteiger charge is 2.33. The molecule has 7 heteroatoms. The third-order valence-electron chi connectivity index (χ3n) is 5.24. The number of benzene rings is 2. The normalized spacial score (nSPS) is 15.6. The lowest BCUT2D eigenvalue weighted by Crippen LogP contribution is -2.22. The molecular weight excluding hydrogens is 386 g/mol.